The Morgan fingerprint density at radius 2 is 2.04 bits per heavy atom. The molecule has 0 saturated carbocycles. The first-order valence-corrected chi connectivity index (χ1v) is 7.95. The van der Waals surface area contributed by atoms with Gasteiger partial charge in [-0.15, -0.1) is 0 Å². The van der Waals surface area contributed by atoms with Gasteiger partial charge in [0.25, 0.3) is 5.91 Å². The van der Waals surface area contributed by atoms with Crippen LogP contribution in [0.2, 0.25) is 10.0 Å². The zero-order valence-electron chi connectivity index (χ0n) is 13.5. The molecule has 0 radical (unpaired) electrons. The third-order valence-corrected chi connectivity index (χ3v) is 4.35. The summed E-state index contributed by atoms with van der Waals surface area (Å²) in [4.78, 5) is 23.9. The number of benzene rings is 1. The number of carbonyl (C=O) groups excluding carboxylic acids is 2. The number of aryl methyl sites for hydroxylation is 1. The van der Waals surface area contributed by atoms with Crippen LogP contribution >= 0.6 is 23.2 Å². The number of halogens is 2. The van der Waals surface area contributed by atoms with Gasteiger partial charge in [-0.3, -0.25) is 9.48 Å². The van der Waals surface area contributed by atoms with Gasteiger partial charge >= 0.3 is 5.97 Å². The van der Waals surface area contributed by atoms with E-state index >= 15 is 0 Å². The van der Waals surface area contributed by atoms with Crippen LogP contribution in [0.3, 0.4) is 0 Å². The second-order valence-electron chi connectivity index (χ2n) is 5.31. The van der Waals surface area contributed by atoms with Crippen molar-refractivity contribution in [3.63, 3.8) is 0 Å². The van der Waals surface area contributed by atoms with Crippen molar-refractivity contribution in [2.45, 2.75) is 19.9 Å². The lowest BCUT2D eigenvalue weighted by atomic mass is 10.1. The van der Waals surface area contributed by atoms with Crippen molar-refractivity contribution in [3.05, 3.63) is 51.3 Å². The maximum Gasteiger partial charge on any atom is 0.342 e. The van der Waals surface area contributed by atoms with E-state index in [0.717, 1.165) is 5.56 Å². The molecule has 0 saturated heterocycles. The van der Waals surface area contributed by atoms with E-state index in [-0.39, 0.29) is 12.6 Å². The fourth-order valence-corrected chi connectivity index (χ4v) is 2.36. The SMILES string of the molecule is Cc1c(C(=O)OCC(=O)N[C@H](C)c2ccc(Cl)c(Cl)c2)cnn1C. The summed E-state index contributed by atoms with van der Waals surface area (Å²) < 4.78 is 6.57. The fourth-order valence-electron chi connectivity index (χ4n) is 2.06. The first-order valence-electron chi connectivity index (χ1n) is 7.19. The van der Waals surface area contributed by atoms with Crippen molar-refractivity contribution < 1.29 is 14.3 Å². The van der Waals surface area contributed by atoms with Crippen molar-refractivity contribution in [3.8, 4) is 0 Å². The Morgan fingerprint density at radius 1 is 1.33 bits per heavy atom. The molecule has 1 amide bonds. The molecule has 6 nitrogen and oxygen atoms in total. The first-order chi connectivity index (χ1) is 11.3. The molecule has 1 aromatic heterocycles. The first kappa shape index (κ1) is 18.3. The maximum absolute atomic E-state index is 11.9. The summed E-state index contributed by atoms with van der Waals surface area (Å²) in [5, 5.41) is 7.55. The minimum atomic E-state index is -0.585. The van der Waals surface area contributed by atoms with Gasteiger partial charge in [0.05, 0.1) is 22.3 Å². The minimum Gasteiger partial charge on any atom is -0.452 e. The topological polar surface area (TPSA) is 73.2 Å². The summed E-state index contributed by atoms with van der Waals surface area (Å²) in [7, 11) is 1.72. The number of carbonyl (C=O) groups is 2. The van der Waals surface area contributed by atoms with Crippen molar-refractivity contribution >= 4 is 35.1 Å². The van der Waals surface area contributed by atoms with Crippen LogP contribution in [0.5, 0.6) is 0 Å². The Bertz CT molecular complexity index is 774. The molecule has 0 spiro atoms. The Kier molecular flexibility index (Phi) is 5.85. The van der Waals surface area contributed by atoms with Crippen molar-refractivity contribution in [1.82, 2.24) is 15.1 Å². The summed E-state index contributed by atoms with van der Waals surface area (Å²) in [5.41, 5.74) is 1.81. The molecule has 1 heterocycles. The van der Waals surface area contributed by atoms with Gasteiger partial charge in [0.15, 0.2) is 6.61 Å². The average Bonchev–Trinajstić information content (AvgIpc) is 2.87. The minimum absolute atomic E-state index is 0.300. The molecule has 1 N–H and O–H groups in total. The number of hydrogen-bond donors (Lipinski definition) is 1. The van der Waals surface area contributed by atoms with Crippen molar-refractivity contribution in [2.24, 2.45) is 7.05 Å². The lowest BCUT2D eigenvalue weighted by molar-refractivity contribution is -0.124. The van der Waals surface area contributed by atoms with Gasteiger partial charge in [-0.25, -0.2) is 4.79 Å². The van der Waals surface area contributed by atoms with E-state index < -0.39 is 11.9 Å². The fraction of sp³-hybridized carbons (Fsp3) is 0.312. The van der Waals surface area contributed by atoms with Crippen LogP contribution in [0.4, 0.5) is 0 Å². The molecule has 0 unspecified atom stereocenters. The van der Waals surface area contributed by atoms with Gasteiger partial charge in [0, 0.05) is 12.7 Å². The molecule has 1 atom stereocenters. The highest BCUT2D eigenvalue weighted by atomic mass is 35.5. The van der Waals surface area contributed by atoms with E-state index in [1.54, 1.807) is 43.8 Å². The van der Waals surface area contributed by atoms with Gasteiger partial charge in [-0.1, -0.05) is 29.3 Å². The number of esters is 1. The Balaban J connectivity index is 1.89. The zero-order valence-corrected chi connectivity index (χ0v) is 15.0. The molecule has 1 aromatic carbocycles. The number of nitrogens with zero attached hydrogens (tertiary/aromatic N) is 2. The average molecular weight is 370 g/mol. The molecule has 8 heteroatoms. The second kappa shape index (κ2) is 7.68. The van der Waals surface area contributed by atoms with Gasteiger partial charge in [-0.05, 0) is 31.5 Å². The highest BCUT2D eigenvalue weighted by Gasteiger charge is 2.17. The van der Waals surface area contributed by atoms with Crippen LogP contribution in [0.1, 0.15) is 34.6 Å². The van der Waals surface area contributed by atoms with Gasteiger partial charge < -0.3 is 10.1 Å². The van der Waals surface area contributed by atoms with Crippen molar-refractivity contribution in [2.75, 3.05) is 6.61 Å². The van der Waals surface area contributed by atoms with Crippen LogP contribution in [0.25, 0.3) is 0 Å². The van der Waals surface area contributed by atoms with Gasteiger partial charge in [-0.2, -0.15) is 5.10 Å². The molecule has 0 fully saturated rings. The molecule has 2 rings (SSSR count). The van der Waals surface area contributed by atoms with Crippen molar-refractivity contribution in [1.29, 1.82) is 0 Å². The number of ether oxygens (including phenoxy) is 1. The summed E-state index contributed by atoms with van der Waals surface area (Å²) in [6, 6.07) is 4.81. The molecule has 24 heavy (non-hydrogen) atoms. The van der Waals surface area contributed by atoms with Crippen LogP contribution in [-0.4, -0.2) is 28.3 Å². The predicted octanol–water partition coefficient (Wildman–Crippen LogP) is 3.07. The lowest BCUT2D eigenvalue weighted by Gasteiger charge is -2.15. The number of rotatable bonds is 5. The second-order valence-corrected chi connectivity index (χ2v) is 6.12. The summed E-state index contributed by atoms with van der Waals surface area (Å²) in [5.74, 6) is -0.999. The van der Waals surface area contributed by atoms with Crippen LogP contribution in [0, 0.1) is 6.92 Å². The highest BCUT2D eigenvalue weighted by Crippen LogP contribution is 2.25. The van der Waals surface area contributed by atoms with E-state index in [1.165, 1.54) is 6.20 Å². The Hall–Kier alpha value is -2.05. The summed E-state index contributed by atoms with van der Waals surface area (Å²) >= 11 is 11.8. The quantitative estimate of drug-likeness (QED) is 0.821. The lowest BCUT2D eigenvalue weighted by Crippen LogP contribution is -2.31. The molecular formula is C16H17Cl2N3O3. The Labute approximate surface area is 149 Å². The zero-order chi connectivity index (χ0) is 17.9. The van der Waals surface area contributed by atoms with Crippen LogP contribution in [0.15, 0.2) is 24.4 Å². The largest absolute Gasteiger partial charge is 0.452 e. The van der Waals surface area contributed by atoms with E-state index in [0.29, 0.717) is 21.3 Å². The number of nitrogens with one attached hydrogen (secondary N) is 1. The molecule has 2 aromatic rings. The summed E-state index contributed by atoms with van der Waals surface area (Å²) in [6.07, 6.45) is 1.41. The normalized spacial score (nSPS) is 11.9. The third kappa shape index (κ3) is 4.27. The third-order valence-electron chi connectivity index (χ3n) is 3.61. The Morgan fingerprint density at radius 3 is 2.62 bits per heavy atom. The number of hydrogen-bond acceptors (Lipinski definition) is 4. The standard InChI is InChI=1S/C16H17Cl2N3O3/c1-9(11-4-5-13(17)14(18)6-11)20-15(22)8-24-16(23)12-7-19-21(3)10(12)2/h4-7,9H,8H2,1-3H3,(H,20,22)/t9-/m1/s1. The molecule has 0 bridgehead atoms. The van der Waals surface area contributed by atoms with Crippen LogP contribution < -0.4 is 5.32 Å². The predicted molar refractivity (Wildman–Crippen MR) is 91.2 cm³/mol. The number of aromatic nitrogens is 2. The van der Waals surface area contributed by atoms with E-state index in [4.69, 9.17) is 27.9 Å². The molecule has 128 valence electrons. The molecular weight excluding hydrogens is 353 g/mol. The van der Waals surface area contributed by atoms with E-state index in [1.807, 2.05) is 0 Å². The van der Waals surface area contributed by atoms with Gasteiger partial charge in [0.2, 0.25) is 0 Å². The monoisotopic (exact) mass is 369 g/mol. The van der Waals surface area contributed by atoms with Crippen LogP contribution in [-0.2, 0) is 16.6 Å². The molecule has 0 aliphatic heterocycles. The number of amides is 1. The maximum atomic E-state index is 11.9. The van der Waals surface area contributed by atoms with E-state index in [2.05, 4.69) is 10.4 Å². The summed E-state index contributed by atoms with van der Waals surface area (Å²) in [6.45, 7) is 3.17. The smallest absolute Gasteiger partial charge is 0.342 e. The molecule has 0 aliphatic rings. The highest BCUT2D eigenvalue weighted by molar-refractivity contribution is 6.42. The van der Waals surface area contributed by atoms with Gasteiger partial charge in [0.1, 0.15) is 5.56 Å². The molecule has 0 aliphatic carbocycles. The van der Waals surface area contributed by atoms with E-state index in [9.17, 15) is 9.59 Å².